The van der Waals surface area contributed by atoms with Gasteiger partial charge in [0.1, 0.15) is 11.6 Å². The van der Waals surface area contributed by atoms with E-state index < -0.39 is 17.7 Å². The summed E-state index contributed by atoms with van der Waals surface area (Å²) in [7, 11) is 0. The van der Waals surface area contributed by atoms with Gasteiger partial charge in [0, 0.05) is 0 Å². The van der Waals surface area contributed by atoms with Crippen molar-refractivity contribution in [2.24, 2.45) is 5.92 Å². The van der Waals surface area contributed by atoms with E-state index in [-0.39, 0.29) is 5.56 Å². The monoisotopic (exact) mass is 268 g/mol. The second kappa shape index (κ2) is 6.47. The smallest absolute Gasteiger partial charge is 0.134 e. The minimum absolute atomic E-state index is 0.149. The number of rotatable bonds is 3. The minimum Gasteiger partial charge on any atom is -0.388 e. The average Bonchev–Trinajstić information content (AvgIpc) is 2.63. The Morgan fingerprint density at radius 3 is 2.42 bits per heavy atom. The van der Waals surface area contributed by atoms with Crippen LogP contribution in [-0.2, 0) is 0 Å². The second-order valence-electron chi connectivity index (χ2n) is 5.70. The number of aryl methyl sites for hydroxylation is 1. The first kappa shape index (κ1) is 14.4. The van der Waals surface area contributed by atoms with Crippen LogP contribution in [0, 0.1) is 24.5 Å². The van der Waals surface area contributed by atoms with Gasteiger partial charge in [0.15, 0.2) is 0 Å². The molecule has 0 heterocycles. The number of halogens is 2. The third-order valence-electron chi connectivity index (χ3n) is 4.18. The quantitative estimate of drug-likeness (QED) is 0.790. The minimum atomic E-state index is -1.03. The second-order valence-corrected chi connectivity index (χ2v) is 5.70. The maximum Gasteiger partial charge on any atom is 0.134 e. The van der Waals surface area contributed by atoms with E-state index in [1.54, 1.807) is 6.92 Å². The van der Waals surface area contributed by atoms with Crippen LogP contribution < -0.4 is 0 Å². The molecule has 0 aromatic heterocycles. The predicted octanol–water partition coefficient (Wildman–Crippen LogP) is 4.67. The molecule has 106 valence electrons. The maximum atomic E-state index is 13.9. The van der Waals surface area contributed by atoms with Crippen LogP contribution in [-0.4, -0.2) is 5.11 Å². The third kappa shape index (κ3) is 3.53. The van der Waals surface area contributed by atoms with Gasteiger partial charge in [-0.2, -0.15) is 0 Å². The van der Waals surface area contributed by atoms with Gasteiger partial charge in [0.2, 0.25) is 0 Å². The molecular formula is C16H22F2O. The number of hydrogen-bond acceptors (Lipinski definition) is 1. The Kier molecular flexibility index (Phi) is 4.92. The van der Waals surface area contributed by atoms with Crippen molar-refractivity contribution in [2.75, 3.05) is 0 Å². The summed E-state index contributed by atoms with van der Waals surface area (Å²) < 4.78 is 27.7. The first-order valence-corrected chi connectivity index (χ1v) is 7.22. The lowest BCUT2D eigenvalue weighted by atomic mass is 9.90. The van der Waals surface area contributed by atoms with Crippen molar-refractivity contribution < 1.29 is 13.9 Å². The number of benzene rings is 1. The van der Waals surface area contributed by atoms with Crippen molar-refractivity contribution in [1.82, 2.24) is 0 Å². The molecule has 0 aliphatic heterocycles. The van der Waals surface area contributed by atoms with Gasteiger partial charge in [-0.3, -0.25) is 0 Å². The van der Waals surface area contributed by atoms with Gasteiger partial charge in [0.25, 0.3) is 0 Å². The molecule has 1 aromatic rings. The summed E-state index contributed by atoms with van der Waals surface area (Å²) in [6, 6.07) is 2.65. The van der Waals surface area contributed by atoms with E-state index in [1.165, 1.54) is 25.0 Å². The molecule has 1 fully saturated rings. The Labute approximate surface area is 113 Å². The lowest BCUT2D eigenvalue weighted by Crippen LogP contribution is -2.11. The molecule has 1 nitrogen and oxygen atoms in total. The highest BCUT2D eigenvalue weighted by atomic mass is 19.1. The highest BCUT2D eigenvalue weighted by Gasteiger charge is 2.23. The molecular weight excluding hydrogens is 246 g/mol. The van der Waals surface area contributed by atoms with Crippen molar-refractivity contribution >= 4 is 0 Å². The van der Waals surface area contributed by atoms with Gasteiger partial charge in [-0.25, -0.2) is 8.78 Å². The summed E-state index contributed by atoms with van der Waals surface area (Å²) >= 11 is 0. The number of aliphatic hydroxyl groups is 1. The fourth-order valence-corrected chi connectivity index (χ4v) is 3.02. The fraction of sp³-hybridized carbons (Fsp3) is 0.625. The Bertz CT molecular complexity index is 423. The number of aliphatic hydroxyl groups excluding tert-OH is 1. The van der Waals surface area contributed by atoms with Crippen LogP contribution >= 0.6 is 0 Å². The summed E-state index contributed by atoms with van der Waals surface area (Å²) in [5.41, 5.74) is 0.237. The van der Waals surface area contributed by atoms with Crippen LogP contribution in [0.3, 0.4) is 0 Å². The van der Waals surface area contributed by atoms with Crippen LogP contribution in [0.4, 0.5) is 8.78 Å². The Balaban J connectivity index is 2.10. The first-order valence-electron chi connectivity index (χ1n) is 7.22. The van der Waals surface area contributed by atoms with Crippen molar-refractivity contribution in [2.45, 2.75) is 58.0 Å². The van der Waals surface area contributed by atoms with E-state index in [1.807, 2.05) is 0 Å². The zero-order chi connectivity index (χ0) is 13.8. The lowest BCUT2D eigenvalue weighted by Gasteiger charge is -2.20. The summed E-state index contributed by atoms with van der Waals surface area (Å²) in [6.07, 6.45) is 6.37. The van der Waals surface area contributed by atoms with E-state index in [2.05, 4.69) is 0 Å². The van der Waals surface area contributed by atoms with E-state index in [0.29, 0.717) is 17.9 Å². The fourth-order valence-electron chi connectivity index (χ4n) is 3.02. The molecule has 2 rings (SSSR count). The van der Waals surface area contributed by atoms with Gasteiger partial charge in [-0.05, 0) is 30.9 Å². The molecule has 1 atom stereocenters. The van der Waals surface area contributed by atoms with E-state index in [4.69, 9.17) is 0 Å². The highest BCUT2D eigenvalue weighted by Crippen LogP contribution is 2.33. The van der Waals surface area contributed by atoms with Gasteiger partial charge in [-0.1, -0.05) is 44.6 Å². The maximum absolute atomic E-state index is 13.9. The van der Waals surface area contributed by atoms with Crippen molar-refractivity contribution in [1.29, 1.82) is 0 Å². The molecule has 0 spiro atoms. The van der Waals surface area contributed by atoms with E-state index in [9.17, 15) is 13.9 Å². The first-order chi connectivity index (χ1) is 9.09. The van der Waals surface area contributed by atoms with Gasteiger partial charge >= 0.3 is 0 Å². The standard InChI is InChI=1S/C16H22F2O/c1-11-8-9-13(17)15(16(11)18)14(19)10-12-6-4-2-3-5-7-12/h8-9,12,14,19H,2-7,10H2,1H3. The van der Waals surface area contributed by atoms with Crippen molar-refractivity contribution in [3.8, 4) is 0 Å². The molecule has 1 saturated carbocycles. The summed E-state index contributed by atoms with van der Waals surface area (Å²) in [5, 5.41) is 10.2. The largest absolute Gasteiger partial charge is 0.388 e. The number of hydrogen-bond donors (Lipinski definition) is 1. The molecule has 1 aliphatic carbocycles. The molecule has 0 amide bonds. The van der Waals surface area contributed by atoms with Crippen LogP contribution in [0.15, 0.2) is 12.1 Å². The molecule has 1 aliphatic rings. The van der Waals surface area contributed by atoms with E-state index >= 15 is 0 Å². The van der Waals surface area contributed by atoms with Crippen LogP contribution in [0.25, 0.3) is 0 Å². The van der Waals surface area contributed by atoms with Gasteiger partial charge in [-0.15, -0.1) is 0 Å². The molecule has 1 N–H and O–H groups in total. The van der Waals surface area contributed by atoms with Crippen molar-refractivity contribution in [3.05, 3.63) is 34.9 Å². The Hall–Kier alpha value is -0.960. The zero-order valence-electron chi connectivity index (χ0n) is 11.5. The van der Waals surface area contributed by atoms with Crippen molar-refractivity contribution in [3.63, 3.8) is 0 Å². The lowest BCUT2D eigenvalue weighted by molar-refractivity contribution is 0.131. The molecule has 0 radical (unpaired) electrons. The van der Waals surface area contributed by atoms with Gasteiger partial charge < -0.3 is 5.11 Å². The molecule has 19 heavy (non-hydrogen) atoms. The normalized spacial score (nSPS) is 19.2. The summed E-state index contributed by atoms with van der Waals surface area (Å²) in [6.45, 7) is 1.59. The topological polar surface area (TPSA) is 20.2 Å². The molecule has 0 bridgehead atoms. The van der Waals surface area contributed by atoms with Crippen LogP contribution in [0.2, 0.25) is 0 Å². The summed E-state index contributed by atoms with van der Waals surface area (Å²) in [5.74, 6) is -0.845. The predicted molar refractivity (Wildman–Crippen MR) is 71.9 cm³/mol. The highest BCUT2D eigenvalue weighted by molar-refractivity contribution is 5.28. The third-order valence-corrected chi connectivity index (χ3v) is 4.18. The SMILES string of the molecule is Cc1ccc(F)c(C(O)CC2CCCCCC2)c1F. The Morgan fingerprint density at radius 1 is 1.16 bits per heavy atom. The van der Waals surface area contributed by atoms with Gasteiger partial charge in [0.05, 0.1) is 11.7 Å². The molecule has 0 saturated heterocycles. The van der Waals surface area contributed by atoms with Crippen LogP contribution in [0.5, 0.6) is 0 Å². The average molecular weight is 268 g/mol. The Morgan fingerprint density at radius 2 is 1.79 bits per heavy atom. The zero-order valence-corrected chi connectivity index (χ0v) is 11.5. The summed E-state index contributed by atoms with van der Waals surface area (Å²) in [4.78, 5) is 0. The van der Waals surface area contributed by atoms with Crippen LogP contribution in [0.1, 0.15) is 62.2 Å². The molecule has 1 unspecified atom stereocenters. The van der Waals surface area contributed by atoms with E-state index in [0.717, 1.165) is 25.7 Å². The molecule has 1 aromatic carbocycles. The molecule has 3 heteroatoms.